The van der Waals surface area contributed by atoms with E-state index in [4.69, 9.17) is 4.74 Å². The largest absolute Gasteiger partial charge is 0.497 e. The maximum absolute atomic E-state index is 12.2. The maximum atomic E-state index is 12.2. The number of hydrogen-bond donors (Lipinski definition) is 1. The van der Waals surface area contributed by atoms with Crippen LogP contribution in [0.15, 0.2) is 66.7 Å². The minimum atomic E-state index is 0.0178. The highest BCUT2D eigenvalue weighted by molar-refractivity contribution is 5.91. The van der Waals surface area contributed by atoms with Crippen molar-refractivity contribution in [1.29, 1.82) is 0 Å². The normalized spacial score (nSPS) is 10.5. The second-order valence-electron chi connectivity index (χ2n) is 5.44. The predicted molar refractivity (Wildman–Crippen MR) is 92.5 cm³/mol. The van der Waals surface area contributed by atoms with E-state index in [2.05, 4.69) is 5.32 Å². The molecular weight excluding hydrogens is 286 g/mol. The van der Waals surface area contributed by atoms with E-state index in [1.165, 1.54) is 0 Å². The lowest BCUT2D eigenvalue weighted by Gasteiger charge is -2.09. The standard InChI is InChI=1S/C20H19NO2/c1-23-18-11-10-16-8-5-9-17(19(16)13-18)12-20(22)21-14-15-6-3-2-4-7-15/h2-11,13H,12,14H2,1H3,(H,21,22). The van der Waals surface area contributed by atoms with Crippen LogP contribution in [0.25, 0.3) is 10.8 Å². The topological polar surface area (TPSA) is 38.3 Å². The fraction of sp³-hybridized carbons (Fsp3) is 0.150. The van der Waals surface area contributed by atoms with Crippen LogP contribution in [0.3, 0.4) is 0 Å². The molecular formula is C20H19NO2. The lowest BCUT2D eigenvalue weighted by atomic mass is 10.0. The molecule has 116 valence electrons. The zero-order valence-electron chi connectivity index (χ0n) is 13.1. The van der Waals surface area contributed by atoms with Gasteiger partial charge in [-0.2, -0.15) is 0 Å². The average Bonchev–Trinajstić information content (AvgIpc) is 2.61. The predicted octanol–water partition coefficient (Wildman–Crippen LogP) is 3.71. The molecule has 0 aliphatic carbocycles. The van der Waals surface area contributed by atoms with Gasteiger partial charge in [0, 0.05) is 6.54 Å². The van der Waals surface area contributed by atoms with Crippen LogP contribution >= 0.6 is 0 Å². The van der Waals surface area contributed by atoms with Crippen LogP contribution in [0.4, 0.5) is 0 Å². The van der Waals surface area contributed by atoms with E-state index in [0.717, 1.165) is 27.6 Å². The first kappa shape index (κ1) is 15.1. The van der Waals surface area contributed by atoms with Crippen molar-refractivity contribution in [3.63, 3.8) is 0 Å². The molecule has 3 rings (SSSR count). The zero-order valence-corrected chi connectivity index (χ0v) is 13.1. The van der Waals surface area contributed by atoms with Gasteiger partial charge < -0.3 is 10.1 Å². The van der Waals surface area contributed by atoms with Crippen LogP contribution in [0.2, 0.25) is 0 Å². The second kappa shape index (κ2) is 6.97. The summed E-state index contributed by atoms with van der Waals surface area (Å²) in [4.78, 5) is 12.2. The molecule has 3 heteroatoms. The third kappa shape index (κ3) is 3.69. The van der Waals surface area contributed by atoms with Gasteiger partial charge in [0.1, 0.15) is 5.75 Å². The molecule has 0 saturated heterocycles. The summed E-state index contributed by atoms with van der Waals surface area (Å²) in [5.74, 6) is 0.818. The minimum Gasteiger partial charge on any atom is -0.497 e. The van der Waals surface area contributed by atoms with E-state index in [1.807, 2.05) is 66.7 Å². The van der Waals surface area contributed by atoms with Gasteiger partial charge in [0.2, 0.25) is 5.91 Å². The molecule has 3 aromatic carbocycles. The van der Waals surface area contributed by atoms with Gasteiger partial charge in [-0.3, -0.25) is 4.79 Å². The number of rotatable bonds is 5. The van der Waals surface area contributed by atoms with Gasteiger partial charge in [0.15, 0.2) is 0 Å². The van der Waals surface area contributed by atoms with Crippen molar-refractivity contribution in [2.24, 2.45) is 0 Å². The van der Waals surface area contributed by atoms with Crippen LogP contribution in [0.5, 0.6) is 5.75 Å². The zero-order chi connectivity index (χ0) is 16.1. The third-order valence-electron chi connectivity index (χ3n) is 3.86. The van der Waals surface area contributed by atoms with Crippen LogP contribution < -0.4 is 10.1 Å². The highest BCUT2D eigenvalue weighted by Gasteiger charge is 2.08. The van der Waals surface area contributed by atoms with E-state index in [-0.39, 0.29) is 5.91 Å². The summed E-state index contributed by atoms with van der Waals surface area (Å²) in [5, 5.41) is 5.14. The van der Waals surface area contributed by atoms with Crippen LogP contribution in [-0.4, -0.2) is 13.0 Å². The molecule has 0 radical (unpaired) electrons. The molecule has 0 heterocycles. The number of fused-ring (bicyclic) bond motifs is 1. The lowest BCUT2D eigenvalue weighted by Crippen LogP contribution is -2.24. The van der Waals surface area contributed by atoms with E-state index >= 15 is 0 Å². The quantitative estimate of drug-likeness (QED) is 0.780. The number of hydrogen-bond acceptors (Lipinski definition) is 2. The van der Waals surface area contributed by atoms with Gasteiger partial charge in [-0.1, -0.05) is 54.6 Å². The molecule has 0 bridgehead atoms. The van der Waals surface area contributed by atoms with Gasteiger partial charge in [-0.05, 0) is 34.0 Å². The molecule has 23 heavy (non-hydrogen) atoms. The van der Waals surface area contributed by atoms with Crippen LogP contribution in [-0.2, 0) is 17.8 Å². The Morgan fingerprint density at radius 3 is 2.61 bits per heavy atom. The number of carbonyl (C=O) groups is 1. The summed E-state index contributed by atoms with van der Waals surface area (Å²) in [6.45, 7) is 0.549. The first-order chi connectivity index (χ1) is 11.3. The fourth-order valence-electron chi connectivity index (χ4n) is 2.63. The van der Waals surface area contributed by atoms with Gasteiger partial charge >= 0.3 is 0 Å². The van der Waals surface area contributed by atoms with E-state index in [1.54, 1.807) is 7.11 Å². The highest BCUT2D eigenvalue weighted by Crippen LogP contribution is 2.24. The van der Waals surface area contributed by atoms with Gasteiger partial charge in [0.25, 0.3) is 0 Å². The first-order valence-electron chi connectivity index (χ1n) is 7.62. The van der Waals surface area contributed by atoms with Crippen molar-refractivity contribution in [3.05, 3.63) is 77.9 Å². The molecule has 0 fully saturated rings. The summed E-state index contributed by atoms with van der Waals surface area (Å²) in [7, 11) is 1.65. The Kier molecular flexibility index (Phi) is 4.57. The Morgan fingerprint density at radius 2 is 1.83 bits per heavy atom. The van der Waals surface area contributed by atoms with E-state index in [9.17, 15) is 4.79 Å². The van der Waals surface area contributed by atoms with E-state index in [0.29, 0.717) is 13.0 Å². The Labute approximate surface area is 135 Å². The molecule has 0 aliphatic heterocycles. The SMILES string of the molecule is COc1ccc2cccc(CC(=O)NCc3ccccc3)c2c1. The molecule has 0 unspecified atom stereocenters. The molecule has 0 aromatic heterocycles. The molecule has 3 nitrogen and oxygen atoms in total. The van der Waals surface area contributed by atoms with Crippen LogP contribution in [0.1, 0.15) is 11.1 Å². The first-order valence-corrected chi connectivity index (χ1v) is 7.62. The summed E-state index contributed by atoms with van der Waals surface area (Å²) in [5.41, 5.74) is 2.10. The average molecular weight is 305 g/mol. The molecule has 0 aliphatic rings. The van der Waals surface area contributed by atoms with Gasteiger partial charge in [-0.15, -0.1) is 0 Å². The summed E-state index contributed by atoms with van der Waals surface area (Å²) >= 11 is 0. The monoisotopic (exact) mass is 305 g/mol. The summed E-state index contributed by atoms with van der Waals surface area (Å²) in [6, 6.07) is 21.9. The van der Waals surface area contributed by atoms with Crippen molar-refractivity contribution in [1.82, 2.24) is 5.32 Å². The Balaban J connectivity index is 1.74. The smallest absolute Gasteiger partial charge is 0.224 e. The Bertz CT molecular complexity index is 812. The number of carbonyl (C=O) groups excluding carboxylic acids is 1. The number of methoxy groups -OCH3 is 1. The number of nitrogens with one attached hydrogen (secondary N) is 1. The Morgan fingerprint density at radius 1 is 1.00 bits per heavy atom. The molecule has 0 atom stereocenters. The highest BCUT2D eigenvalue weighted by atomic mass is 16.5. The fourth-order valence-corrected chi connectivity index (χ4v) is 2.63. The molecule has 0 spiro atoms. The molecule has 1 N–H and O–H groups in total. The lowest BCUT2D eigenvalue weighted by molar-refractivity contribution is -0.120. The summed E-state index contributed by atoms with van der Waals surface area (Å²) in [6.07, 6.45) is 0.358. The molecule has 1 amide bonds. The number of amides is 1. The Hall–Kier alpha value is -2.81. The van der Waals surface area contributed by atoms with Crippen molar-refractivity contribution in [2.45, 2.75) is 13.0 Å². The van der Waals surface area contributed by atoms with Crippen LogP contribution in [0, 0.1) is 0 Å². The molecule has 3 aromatic rings. The van der Waals surface area contributed by atoms with E-state index < -0.39 is 0 Å². The number of ether oxygens (including phenoxy) is 1. The summed E-state index contributed by atoms with van der Waals surface area (Å²) < 4.78 is 5.29. The van der Waals surface area contributed by atoms with Gasteiger partial charge in [-0.25, -0.2) is 0 Å². The molecule has 0 saturated carbocycles. The van der Waals surface area contributed by atoms with Crippen molar-refractivity contribution in [3.8, 4) is 5.75 Å². The van der Waals surface area contributed by atoms with Crippen molar-refractivity contribution in [2.75, 3.05) is 7.11 Å². The van der Waals surface area contributed by atoms with Crippen molar-refractivity contribution >= 4 is 16.7 Å². The maximum Gasteiger partial charge on any atom is 0.224 e. The third-order valence-corrected chi connectivity index (χ3v) is 3.86. The second-order valence-corrected chi connectivity index (χ2v) is 5.44. The number of benzene rings is 3. The minimum absolute atomic E-state index is 0.0178. The van der Waals surface area contributed by atoms with Crippen molar-refractivity contribution < 1.29 is 9.53 Å². The van der Waals surface area contributed by atoms with Gasteiger partial charge in [0.05, 0.1) is 13.5 Å².